The van der Waals surface area contributed by atoms with Crippen LogP contribution in [0.2, 0.25) is 0 Å². The molecule has 1 amide bonds. The fourth-order valence-corrected chi connectivity index (χ4v) is 4.78. The third kappa shape index (κ3) is 8.94. The monoisotopic (exact) mass is 376 g/mol. The van der Waals surface area contributed by atoms with Gasteiger partial charge in [-0.15, -0.1) is 0 Å². The Balaban J connectivity index is 1.76. The first-order chi connectivity index (χ1) is 13.0. The Morgan fingerprint density at radius 1 is 1.19 bits per heavy atom. The Labute approximate surface area is 165 Å². The Morgan fingerprint density at radius 3 is 2.59 bits per heavy atom. The van der Waals surface area contributed by atoms with Crippen LogP contribution in [0.5, 0.6) is 0 Å². The first kappa shape index (κ1) is 22.0. The van der Waals surface area contributed by atoms with E-state index in [0.29, 0.717) is 23.8 Å². The van der Waals surface area contributed by atoms with Gasteiger partial charge in [0.2, 0.25) is 0 Å². The van der Waals surface area contributed by atoms with Gasteiger partial charge in [-0.05, 0) is 43.4 Å². The van der Waals surface area contributed by atoms with Crippen molar-refractivity contribution < 1.29 is 9.90 Å². The maximum atomic E-state index is 11.2. The summed E-state index contributed by atoms with van der Waals surface area (Å²) in [6, 6.07) is 0.497. The Bertz CT molecular complexity index is 469. The SMILES string of the molecule is CC(C)[C@@H](CCC[C@H]1C=CCC=N1)CC[C@@H](CC1CCCCC1)NC(=O)O. The third-order valence-corrected chi connectivity index (χ3v) is 6.47. The van der Waals surface area contributed by atoms with Crippen LogP contribution >= 0.6 is 0 Å². The predicted octanol–water partition coefficient (Wildman–Crippen LogP) is 6.22. The minimum atomic E-state index is -0.862. The van der Waals surface area contributed by atoms with Crippen molar-refractivity contribution in [1.29, 1.82) is 0 Å². The van der Waals surface area contributed by atoms with Gasteiger partial charge in [-0.2, -0.15) is 0 Å². The molecule has 1 aliphatic heterocycles. The van der Waals surface area contributed by atoms with Crippen molar-refractivity contribution in [3.8, 4) is 0 Å². The van der Waals surface area contributed by atoms with Crippen molar-refractivity contribution in [3.63, 3.8) is 0 Å². The fraction of sp³-hybridized carbons (Fsp3) is 0.826. The largest absolute Gasteiger partial charge is 0.465 e. The van der Waals surface area contributed by atoms with Gasteiger partial charge < -0.3 is 10.4 Å². The molecule has 27 heavy (non-hydrogen) atoms. The number of rotatable bonds is 11. The van der Waals surface area contributed by atoms with Crippen molar-refractivity contribution in [1.82, 2.24) is 5.32 Å². The minimum absolute atomic E-state index is 0.123. The van der Waals surface area contributed by atoms with Crippen molar-refractivity contribution in [2.75, 3.05) is 0 Å². The van der Waals surface area contributed by atoms with Gasteiger partial charge in [0.15, 0.2) is 0 Å². The summed E-state index contributed by atoms with van der Waals surface area (Å²) in [5.41, 5.74) is 0. The molecule has 0 unspecified atom stereocenters. The van der Waals surface area contributed by atoms with E-state index < -0.39 is 6.09 Å². The van der Waals surface area contributed by atoms with Gasteiger partial charge in [-0.25, -0.2) is 4.79 Å². The quantitative estimate of drug-likeness (QED) is 0.421. The molecule has 0 aromatic heterocycles. The van der Waals surface area contributed by atoms with Gasteiger partial charge in [0.25, 0.3) is 0 Å². The van der Waals surface area contributed by atoms with Crippen LogP contribution in [0.15, 0.2) is 17.1 Å². The number of hydrogen-bond acceptors (Lipinski definition) is 2. The number of dihydropyridines is 1. The predicted molar refractivity (Wildman–Crippen MR) is 114 cm³/mol. The smallest absolute Gasteiger partial charge is 0.404 e. The number of nitrogens with zero attached hydrogens (tertiary/aromatic N) is 1. The van der Waals surface area contributed by atoms with E-state index in [9.17, 15) is 9.90 Å². The van der Waals surface area contributed by atoms with Crippen molar-refractivity contribution in [2.45, 2.75) is 103 Å². The minimum Gasteiger partial charge on any atom is -0.465 e. The van der Waals surface area contributed by atoms with E-state index in [-0.39, 0.29) is 6.04 Å². The van der Waals surface area contributed by atoms with Crippen molar-refractivity contribution >= 4 is 12.3 Å². The highest BCUT2D eigenvalue weighted by Crippen LogP contribution is 2.30. The Kier molecular flexibility index (Phi) is 9.93. The highest BCUT2D eigenvalue weighted by molar-refractivity contribution is 5.64. The molecule has 0 aromatic rings. The number of carbonyl (C=O) groups is 1. The van der Waals surface area contributed by atoms with E-state index >= 15 is 0 Å². The summed E-state index contributed by atoms with van der Waals surface area (Å²) in [4.78, 5) is 15.8. The van der Waals surface area contributed by atoms with Crippen LogP contribution in [0, 0.1) is 17.8 Å². The summed E-state index contributed by atoms with van der Waals surface area (Å²) in [6.45, 7) is 4.62. The van der Waals surface area contributed by atoms with Gasteiger partial charge in [0, 0.05) is 18.7 Å². The van der Waals surface area contributed by atoms with Crippen LogP contribution in [0.1, 0.15) is 90.9 Å². The van der Waals surface area contributed by atoms with Crippen molar-refractivity contribution in [3.05, 3.63) is 12.2 Å². The van der Waals surface area contributed by atoms with E-state index in [1.165, 1.54) is 44.9 Å². The molecule has 0 aromatic carbocycles. The molecule has 0 radical (unpaired) electrons. The lowest BCUT2D eigenvalue weighted by atomic mass is 9.81. The van der Waals surface area contributed by atoms with Crippen LogP contribution < -0.4 is 5.32 Å². The molecule has 2 aliphatic rings. The van der Waals surface area contributed by atoms with Crippen LogP contribution in [0.3, 0.4) is 0 Å². The summed E-state index contributed by atoms with van der Waals surface area (Å²) < 4.78 is 0. The number of allylic oxidation sites excluding steroid dienone is 1. The highest BCUT2D eigenvalue weighted by Gasteiger charge is 2.22. The van der Waals surface area contributed by atoms with Gasteiger partial charge in [0.1, 0.15) is 0 Å². The van der Waals surface area contributed by atoms with Gasteiger partial charge >= 0.3 is 6.09 Å². The number of aliphatic imine (C=N–C) groups is 1. The first-order valence-corrected chi connectivity index (χ1v) is 11.2. The molecule has 1 aliphatic carbocycles. The zero-order valence-electron chi connectivity index (χ0n) is 17.4. The number of amides is 1. The molecule has 2 N–H and O–H groups in total. The van der Waals surface area contributed by atoms with E-state index in [4.69, 9.17) is 0 Å². The molecule has 0 bridgehead atoms. The summed E-state index contributed by atoms with van der Waals surface area (Å²) in [5, 5.41) is 12.1. The van der Waals surface area contributed by atoms with Crippen LogP contribution in [0.4, 0.5) is 4.79 Å². The second kappa shape index (κ2) is 12.2. The lowest BCUT2D eigenvalue weighted by Gasteiger charge is -2.28. The van der Waals surface area contributed by atoms with E-state index in [1.807, 2.05) is 6.21 Å². The van der Waals surface area contributed by atoms with Gasteiger partial charge in [-0.3, -0.25) is 4.99 Å². The van der Waals surface area contributed by atoms with E-state index in [1.54, 1.807) is 0 Å². The summed E-state index contributed by atoms with van der Waals surface area (Å²) in [6.07, 6.45) is 19.8. The molecule has 4 nitrogen and oxygen atoms in total. The first-order valence-electron chi connectivity index (χ1n) is 11.2. The molecule has 1 saturated carbocycles. The molecule has 3 atom stereocenters. The standard InChI is InChI=1S/C23H40N2O2/c1-18(2)20(11-8-13-21-12-6-7-16-24-21)14-15-22(25-23(26)27)17-19-9-4-3-5-10-19/h6,12,16,18-22,25H,3-5,7-11,13-15,17H2,1-2H3,(H,26,27)/t20-,21+,22-/m0/s1. The maximum absolute atomic E-state index is 11.2. The molecular weight excluding hydrogens is 336 g/mol. The average molecular weight is 377 g/mol. The molecule has 2 rings (SSSR count). The molecule has 0 spiro atoms. The summed E-state index contributed by atoms with van der Waals surface area (Å²) in [7, 11) is 0. The van der Waals surface area contributed by atoms with Gasteiger partial charge in [-0.1, -0.05) is 70.9 Å². The lowest BCUT2D eigenvalue weighted by Crippen LogP contribution is -2.36. The van der Waals surface area contributed by atoms with Crippen molar-refractivity contribution in [2.24, 2.45) is 22.7 Å². The molecule has 0 saturated heterocycles. The van der Waals surface area contributed by atoms with Crippen LogP contribution in [-0.4, -0.2) is 29.5 Å². The second-order valence-corrected chi connectivity index (χ2v) is 8.96. The molecule has 1 fully saturated rings. The Morgan fingerprint density at radius 2 is 1.96 bits per heavy atom. The summed E-state index contributed by atoms with van der Waals surface area (Å²) >= 11 is 0. The number of carboxylic acid groups (broad SMARTS) is 1. The molecule has 1 heterocycles. The maximum Gasteiger partial charge on any atom is 0.404 e. The molecule has 4 heteroatoms. The van der Waals surface area contributed by atoms with E-state index in [0.717, 1.165) is 32.1 Å². The van der Waals surface area contributed by atoms with Gasteiger partial charge in [0.05, 0.1) is 6.04 Å². The molecule has 154 valence electrons. The zero-order chi connectivity index (χ0) is 19.5. The normalized spacial score (nSPS) is 22.7. The van der Waals surface area contributed by atoms with Crippen LogP contribution in [0.25, 0.3) is 0 Å². The lowest BCUT2D eigenvalue weighted by molar-refractivity contribution is 0.181. The van der Waals surface area contributed by atoms with Crippen LogP contribution in [-0.2, 0) is 0 Å². The highest BCUT2D eigenvalue weighted by atomic mass is 16.4. The average Bonchev–Trinajstić information content (AvgIpc) is 2.65. The summed E-state index contributed by atoms with van der Waals surface area (Å²) in [5.74, 6) is 2.03. The second-order valence-electron chi connectivity index (χ2n) is 8.96. The molecular formula is C23H40N2O2. The number of hydrogen-bond donors (Lipinski definition) is 2. The third-order valence-electron chi connectivity index (χ3n) is 6.47. The number of nitrogens with one attached hydrogen (secondary N) is 1. The topological polar surface area (TPSA) is 61.7 Å². The fourth-order valence-electron chi connectivity index (χ4n) is 4.78. The zero-order valence-corrected chi connectivity index (χ0v) is 17.4. The Hall–Kier alpha value is -1.32. The van der Waals surface area contributed by atoms with E-state index in [2.05, 4.69) is 36.3 Å².